The first-order valence-corrected chi connectivity index (χ1v) is 7.37. The molecule has 3 heterocycles. The van der Waals surface area contributed by atoms with Crippen LogP contribution in [0.1, 0.15) is 0 Å². The Balaban J connectivity index is 1.64. The summed E-state index contributed by atoms with van der Waals surface area (Å²) in [6.45, 7) is 4.03. The molecular weight excluding hydrogens is 288 g/mol. The van der Waals surface area contributed by atoms with Gasteiger partial charge in [0.2, 0.25) is 5.95 Å². The molecule has 2 saturated heterocycles. The van der Waals surface area contributed by atoms with Crippen molar-refractivity contribution in [3.8, 4) is 5.75 Å². The largest absolute Gasteiger partial charge is 0.494 e. The average molecular weight is 308 g/mol. The molecule has 0 N–H and O–H groups in total. The van der Waals surface area contributed by atoms with Gasteiger partial charge in [0, 0.05) is 19.6 Å². The van der Waals surface area contributed by atoms with E-state index in [4.69, 9.17) is 14.2 Å². The van der Waals surface area contributed by atoms with Crippen molar-refractivity contribution < 1.29 is 19.0 Å². The molecule has 2 aliphatic rings. The average Bonchev–Trinajstić information content (AvgIpc) is 2.62. The van der Waals surface area contributed by atoms with Crippen LogP contribution in [-0.2, 0) is 14.3 Å². The fourth-order valence-corrected chi connectivity index (χ4v) is 2.55. The van der Waals surface area contributed by atoms with Gasteiger partial charge in [-0.1, -0.05) is 0 Å². The molecule has 1 atom stereocenters. The standard InChI is InChI=1S/C14H20N4O4/c1-20-11-8-15-14(16-9-11)18-4-7-22-12(10-18)13(19)17-2-5-21-6-3-17/h8-9,12H,2-7,10H2,1H3. The zero-order valence-corrected chi connectivity index (χ0v) is 12.6. The molecule has 0 aromatic carbocycles. The van der Waals surface area contributed by atoms with Gasteiger partial charge in [-0.05, 0) is 0 Å². The molecule has 3 rings (SSSR count). The Kier molecular flexibility index (Phi) is 4.69. The number of carbonyl (C=O) groups excluding carboxylic acids is 1. The molecule has 0 aliphatic carbocycles. The first-order chi connectivity index (χ1) is 10.8. The minimum atomic E-state index is -0.474. The second-order valence-electron chi connectivity index (χ2n) is 5.17. The summed E-state index contributed by atoms with van der Waals surface area (Å²) in [5.74, 6) is 1.21. The SMILES string of the molecule is COc1cnc(N2CCOC(C(=O)N3CCOCC3)C2)nc1. The Labute approximate surface area is 129 Å². The highest BCUT2D eigenvalue weighted by Gasteiger charge is 2.31. The third-order valence-corrected chi connectivity index (χ3v) is 3.80. The number of hydrogen-bond acceptors (Lipinski definition) is 7. The molecule has 1 amide bonds. The minimum Gasteiger partial charge on any atom is -0.494 e. The van der Waals surface area contributed by atoms with E-state index < -0.39 is 6.10 Å². The fourth-order valence-electron chi connectivity index (χ4n) is 2.55. The van der Waals surface area contributed by atoms with Crippen molar-refractivity contribution >= 4 is 11.9 Å². The summed E-state index contributed by atoms with van der Waals surface area (Å²) in [5.41, 5.74) is 0. The van der Waals surface area contributed by atoms with Crippen LogP contribution in [0.3, 0.4) is 0 Å². The lowest BCUT2D eigenvalue weighted by atomic mass is 10.2. The zero-order valence-electron chi connectivity index (χ0n) is 12.6. The molecule has 8 heteroatoms. The summed E-state index contributed by atoms with van der Waals surface area (Å²) in [7, 11) is 1.57. The van der Waals surface area contributed by atoms with Crippen molar-refractivity contribution in [2.45, 2.75) is 6.10 Å². The van der Waals surface area contributed by atoms with E-state index in [9.17, 15) is 4.79 Å². The van der Waals surface area contributed by atoms with E-state index in [-0.39, 0.29) is 5.91 Å². The highest BCUT2D eigenvalue weighted by Crippen LogP contribution is 2.16. The predicted molar refractivity (Wildman–Crippen MR) is 77.9 cm³/mol. The van der Waals surface area contributed by atoms with Crippen LogP contribution in [-0.4, -0.2) is 80.0 Å². The number of amides is 1. The maximum atomic E-state index is 12.5. The van der Waals surface area contributed by atoms with Crippen LogP contribution in [0.2, 0.25) is 0 Å². The smallest absolute Gasteiger partial charge is 0.253 e. The number of anilines is 1. The van der Waals surface area contributed by atoms with E-state index in [2.05, 4.69) is 9.97 Å². The third kappa shape index (κ3) is 3.28. The molecule has 0 spiro atoms. The molecule has 0 bridgehead atoms. The van der Waals surface area contributed by atoms with Gasteiger partial charge in [0.1, 0.15) is 0 Å². The molecule has 1 aromatic heterocycles. The molecule has 0 saturated carbocycles. The monoisotopic (exact) mass is 308 g/mol. The summed E-state index contributed by atoms with van der Waals surface area (Å²) < 4.78 is 16.0. The summed E-state index contributed by atoms with van der Waals surface area (Å²) in [6.07, 6.45) is 2.77. The number of methoxy groups -OCH3 is 1. The van der Waals surface area contributed by atoms with Crippen molar-refractivity contribution in [3.63, 3.8) is 0 Å². The van der Waals surface area contributed by atoms with Crippen LogP contribution in [0.4, 0.5) is 5.95 Å². The van der Waals surface area contributed by atoms with Crippen molar-refractivity contribution in [3.05, 3.63) is 12.4 Å². The van der Waals surface area contributed by atoms with Crippen LogP contribution in [0, 0.1) is 0 Å². The molecule has 0 radical (unpaired) electrons. The number of carbonyl (C=O) groups is 1. The molecule has 120 valence electrons. The van der Waals surface area contributed by atoms with Crippen molar-refractivity contribution in [2.75, 3.05) is 58.0 Å². The first-order valence-electron chi connectivity index (χ1n) is 7.37. The lowest BCUT2D eigenvalue weighted by Gasteiger charge is -2.36. The van der Waals surface area contributed by atoms with Gasteiger partial charge in [-0.3, -0.25) is 4.79 Å². The second-order valence-corrected chi connectivity index (χ2v) is 5.17. The fraction of sp³-hybridized carbons (Fsp3) is 0.643. The van der Waals surface area contributed by atoms with Gasteiger partial charge in [0.25, 0.3) is 5.91 Å². The molecule has 1 unspecified atom stereocenters. The Morgan fingerprint density at radius 2 is 1.95 bits per heavy atom. The Morgan fingerprint density at radius 3 is 2.64 bits per heavy atom. The zero-order chi connectivity index (χ0) is 15.4. The molecule has 2 aliphatic heterocycles. The molecular formula is C14H20N4O4. The van der Waals surface area contributed by atoms with E-state index >= 15 is 0 Å². The Hall–Kier alpha value is -1.93. The van der Waals surface area contributed by atoms with Gasteiger partial charge < -0.3 is 24.0 Å². The van der Waals surface area contributed by atoms with Gasteiger partial charge in [0.05, 0.1) is 45.9 Å². The topological polar surface area (TPSA) is 77.0 Å². The van der Waals surface area contributed by atoms with Crippen LogP contribution in [0.5, 0.6) is 5.75 Å². The van der Waals surface area contributed by atoms with Crippen LogP contribution >= 0.6 is 0 Å². The predicted octanol–water partition coefficient (Wildman–Crippen LogP) is -0.451. The van der Waals surface area contributed by atoms with Gasteiger partial charge in [0.15, 0.2) is 11.9 Å². The summed E-state index contributed by atoms with van der Waals surface area (Å²) in [6, 6.07) is 0. The first kappa shape index (κ1) is 15.0. The number of hydrogen-bond donors (Lipinski definition) is 0. The van der Waals surface area contributed by atoms with Crippen molar-refractivity contribution in [2.24, 2.45) is 0 Å². The molecule has 8 nitrogen and oxygen atoms in total. The number of ether oxygens (including phenoxy) is 3. The van der Waals surface area contributed by atoms with Crippen molar-refractivity contribution in [1.82, 2.24) is 14.9 Å². The van der Waals surface area contributed by atoms with Crippen LogP contribution < -0.4 is 9.64 Å². The van der Waals surface area contributed by atoms with E-state index in [1.54, 1.807) is 24.4 Å². The number of rotatable bonds is 3. The van der Waals surface area contributed by atoms with Crippen molar-refractivity contribution in [1.29, 1.82) is 0 Å². The van der Waals surface area contributed by atoms with Gasteiger partial charge >= 0.3 is 0 Å². The van der Waals surface area contributed by atoms with E-state index in [0.717, 1.165) is 0 Å². The maximum absolute atomic E-state index is 12.5. The molecule has 1 aromatic rings. The maximum Gasteiger partial charge on any atom is 0.253 e. The third-order valence-electron chi connectivity index (χ3n) is 3.80. The highest BCUT2D eigenvalue weighted by molar-refractivity contribution is 5.82. The lowest BCUT2D eigenvalue weighted by Crippen LogP contribution is -2.53. The summed E-state index contributed by atoms with van der Waals surface area (Å²) in [5, 5.41) is 0. The lowest BCUT2D eigenvalue weighted by molar-refractivity contribution is -0.148. The summed E-state index contributed by atoms with van der Waals surface area (Å²) in [4.78, 5) is 24.8. The minimum absolute atomic E-state index is 0.0153. The number of morpholine rings is 2. The van der Waals surface area contributed by atoms with E-state index in [1.807, 2.05) is 4.90 Å². The quantitative estimate of drug-likeness (QED) is 0.748. The van der Waals surface area contributed by atoms with Gasteiger partial charge in [-0.2, -0.15) is 0 Å². The van der Waals surface area contributed by atoms with Gasteiger partial charge in [-0.25, -0.2) is 9.97 Å². The molecule has 2 fully saturated rings. The highest BCUT2D eigenvalue weighted by atomic mass is 16.5. The van der Waals surface area contributed by atoms with Crippen LogP contribution in [0.25, 0.3) is 0 Å². The van der Waals surface area contributed by atoms with E-state index in [0.29, 0.717) is 57.7 Å². The normalized spacial score (nSPS) is 22.5. The van der Waals surface area contributed by atoms with E-state index in [1.165, 1.54) is 0 Å². The van der Waals surface area contributed by atoms with Gasteiger partial charge in [-0.15, -0.1) is 0 Å². The second kappa shape index (κ2) is 6.89. The Morgan fingerprint density at radius 1 is 1.23 bits per heavy atom. The Bertz CT molecular complexity index is 504. The number of aromatic nitrogens is 2. The van der Waals surface area contributed by atoms with Crippen LogP contribution in [0.15, 0.2) is 12.4 Å². The number of nitrogens with zero attached hydrogens (tertiary/aromatic N) is 4. The summed E-state index contributed by atoms with van der Waals surface area (Å²) >= 11 is 0. The molecule has 22 heavy (non-hydrogen) atoms.